The van der Waals surface area contributed by atoms with E-state index < -0.39 is 5.92 Å². The Morgan fingerprint density at radius 2 is 2.09 bits per heavy atom. The summed E-state index contributed by atoms with van der Waals surface area (Å²) >= 11 is 3.53. The van der Waals surface area contributed by atoms with Crippen molar-refractivity contribution in [2.45, 2.75) is 38.0 Å². The molecule has 2 rings (SSSR count). The van der Waals surface area contributed by atoms with Gasteiger partial charge in [-0.2, -0.15) is 0 Å². The second-order valence-corrected chi connectivity index (χ2v) is 6.60. The Balaban J connectivity index is 2.12. The second-order valence-electron chi connectivity index (χ2n) is 5.75. The Hall–Kier alpha value is -0.950. The van der Waals surface area contributed by atoms with Gasteiger partial charge < -0.3 is 19.5 Å². The molecule has 6 heteroatoms. The molecule has 0 spiro atoms. The van der Waals surface area contributed by atoms with Gasteiger partial charge in [0, 0.05) is 16.6 Å². The Kier molecular flexibility index (Phi) is 7.02. The van der Waals surface area contributed by atoms with Crippen LogP contribution in [0.1, 0.15) is 25.3 Å². The molecular weight excluding hydrogens is 362 g/mol. The Bertz CT molecular complexity index is 519. The van der Waals surface area contributed by atoms with E-state index in [2.05, 4.69) is 21.2 Å². The molecular formula is C17H24BrNO4. The molecule has 0 aliphatic carbocycles. The van der Waals surface area contributed by atoms with E-state index in [9.17, 15) is 4.79 Å². The fourth-order valence-corrected chi connectivity index (χ4v) is 3.40. The average Bonchev–Trinajstić information content (AvgIpc) is 2.57. The van der Waals surface area contributed by atoms with Crippen molar-refractivity contribution in [1.82, 2.24) is 5.32 Å². The summed E-state index contributed by atoms with van der Waals surface area (Å²) in [4.78, 5) is 12.3. The Morgan fingerprint density at radius 1 is 1.35 bits per heavy atom. The van der Waals surface area contributed by atoms with Crippen LogP contribution in [0.3, 0.4) is 0 Å². The molecule has 128 valence electrons. The quantitative estimate of drug-likeness (QED) is 0.762. The first-order valence-corrected chi connectivity index (χ1v) is 8.61. The Labute approximate surface area is 145 Å². The van der Waals surface area contributed by atoms with Gasteiger partial charge in [0.15, 0.2) is 0 Å². The number of hydrogen-bond acceptors (Lipinski definition) is 5. The summed E-state index contributed by atoms with van der Waals surface area (Å²) < 4.78 is 17.1. The van der Waals surface area contributed by atoms with Gasteiger partial charge in [-0.05, 0) is 25.5 Å². The van der Waals surface area contributed by atoms with E-state index in [1.165, 1.54) is 7.11 Å². The molecule has 1 aliphatic rings. The van der Waals surface area contributed by atoms with Crippen molar-refractivity contribution < 1.29 is 19.0 Å². The number of halogens is 1. The van der Waals surface area contributed by atoms with Gasteiger partial charge in [-0.3, -0.25) is 4.79 Å². The maximum Gasteiger partial charge on any atom is 0.314 e. The lowest BCUT2D eigenvalue weighted by Crippen LogP contribution is -2.50. The maximum atomic E-state index is 12.3. The minimum Gasteiger partial charge on any atom is -0.469 e. The molecule has 0 radical (unpaired) electrons. The number of carbonyl (C=O) groups is 1. The lowest BCUT2D eigenvalue weighted by molar-refractivity contribution is -0.143. The van der Waals surface area contributed by atoms with Crippen molar-refractivity contribution in [3.05, 3.63) is 34.3 Å². The lowest BCUT2D eigenvalue weighted by Gasteiger charge is -2.33. The molecule has 1 aromatic rings. The van der Waals surface area contributed by atoms with Crippen LogP contribution in [0.15, 0.2) is 28.7 Å². The molecule has 0 amide bonds. The van der Waals surface area contributed by atoms with Crippen LogP contribution in [-0.4, -0.2) is 51.1 Å². The lowest BCUT2D eigenvalue weighted by atomic mass is 9.91. The monoisotopic (exact) mass is 385 g/mol. The van der Waals surface area contributed by atoms with Crippen LogP contribution in [0.5, 0.6) is 0 Å². The zero-order valence-corrected chi connectivity index (χ0v) is 15.3. The number of methoxy groups -OCH3 is 1. The number of esters is 1. The fourth-order valence-electron chi connectivity index (χ4n) is 2.87. The highest BCUT2D eigenvalue weighted by Gasteiger charge is 2.32. The van der Waals surface area contributed by atoms with Crippen LogP contribution in [0.25, 0.3) is 0 Å². The van der Waals surface area contributed by atoms with E-state index in [1.807, 2.05) is 38.1 Å². The third-order valence-electron chi connectivity index (χ3n) is 4.12. The van der Waals surface area contributed by atoms with E-state index in [0.717, 1.165) is 10.0 Å². The zero-order chi connectivity index (χ0) is 16.8. The van der Waals surface area contributed by atoms with Crippen LogP contribution in [-0.2, 0) is 19.0 Å². The molecule has 0 aromatic heterocycles. The maximum absolute atomic E-state index is 12.3. The molecule has 5 nitrogen and oxygen atoms in total. The van der Waals surface area contributed by atoms with Gasteiger partial charge in [-0.15, -0.1) is 0 Å². The summed E-state index contributed by atoms with van der Waals surface area (Å²) in [6, 6.07) is 7.68. The highest BCUT2D eigenvalue weighted by atomic mass is 79.9. The minimum absolute atomic E-state index is 0.0105. The van der Waals surface area contributed by atoms with Gasteiger partial charge in [0.2, 0.25) is 0 Å². The summed E-state index contributed by atoms with van der Waals surface area (Å²) in [5.41, 5.74) is 0.910. The van der Waals surface area contributed by atoms with Gasteiger partial charge >= 0.3 is 5.97 Å². The fraction of sp³-hybridized carbons (Fsp3) is 0.588. The van der Waals surface area contributed by atoms with Crippen molar-refractivity contribution in [2.24, 2.45) is 0 Å². The summed E-state index contributed by atoms with van der Waals surface area (Å²) in [5.74, 6) is -0.660. The van der Waals surface area contributed by atoms with E-state index in [4.69, 9.17) is 14.2 Å². The van der Waals surface area contributed by atoms with Crippen LogP contribution < -0.4 is 5.32 Å². The zero-order valence-electron chi connectivity index (χ0n) is 13.8. The van der Waals surface area contributed by atoms with Crippen LogP contribution >= 0.6 is 15.9 Å². The van der Waals surface area contributed by atoms with Gasteiger partial charge in [0.1, 0.15) is 0 Å². The number of ether oxygens (including phenoxy) is 3. The summed E-state index contributed by atoms with van der Waals surface area (Å²) in [6.07, 6.45) is -0.0105. The molecule has 1 fully saturated rings. The molecule has 4 unspecified atom stereocenters. The SMILES string of the molecule is COC(=O)C(c1ccccc1Br)C(C)NC(C)C1COCCO1. The smallest absolute Gasteiger partial charge is 0.314 e. The largest absolute Gasteiger partial charge is 0.469 e. The predicted molar refractivity (Wildman–Crippen MR) is 91.5 cm³/mol. The molecule has 4 atom stereocenters. The first kappa shape index (κ1) is 18.4. The molecule has 0 bridgehead atoms. The molecule has 1 heterocycles. The van der Waals surface area contributed by atoms with E-state index in [0.29, 0.717) is 19.8 Å². The second kappa shape index (κ2) is 8.78. The summed E-state index contributed by atoms with van der Waals surface area (Å²) in [5, 5.41) is 3.46. The number of hydrogen-bond donors (Lipinski definition) is 1. The standard InChI is InChI=1S/C17H24BrNO4/c1-11(15-10-22-8-9-23-15)19-12(2)16(17(20)21-3)13-6-4-5-7-14(13)18/h4-7,11-12,15-16,19H,8-10H2,1-3H3. The van der Waals surface area contributed by atoms with Crippen molar-refractivity contribution >= 4 is 21.9 Å². The van der Waals surface area contributed by atoms with Crippen LogP contribution in [0.4, 0.5) is 0 Å². The predicted octanol–water partition coefficient (Wildman–Crippen LogP) is 2.49. The van der Waals surface area contributed by atoms with E-state index >= 15 is 0 Å². The average molecular weight is 386 g/mol. The van der Waals surface area contributed by atoms with Gasteiger partial charge in [0.25, 0.3) is 0 Å². The molecule has 1 N–H and O–H groups in total. The van der Waals surface area contributed by atoms with Crippen molar-refractivity contribution in [3.63, 3.8) is 0 Å². The Morgan fingerprint density at radius 3 is 2.70 bits per heavy atom. The first-order valence-electron chi connectivity index (χ1n) is 7.82. The highest BCUT2D eigenvalue weighted by molar-refractivity contribution is 9.10. The number of rotatable bonds is 6. The topological polar surface area (TPSA) is 56.8 Å². The van der Waals surface area contributed by atoms with Crippen molar-refractivity contribution in [3.8, 4) is 0 Å². The number of nitrogens with one attached hydrogen (secondary N) is 1. The third kappa shape index (κ3) is 4.76. The van der Waals surface area contributed by atoms with Crippen molar-refractivity contribution in [2.75, 3.05) is 26.9 Å². The van der Waals surface area contributed by atoms with Crippen LogP contribution in [0, 0.1) is 0 Å². The molecule has 1 saturated heterocycles. The van der Waals surface area contributed by atoms with Crippen LogP contribution in [0.2, 0.25) is 0 Å². The normalized spacial score (nSPS) is 22.2. The molecule has 1 aliphatic heterocycles. The molecule has 1 aromatic carbocycles. The summed E-state index contributed by atoms with van der Waals surface area (Å²) in [6.45, 7) is 5.85. The number of carbonyl (C=O) groups excluding carboxylic acids is 1. The molecule has 0 saturated carbocycles. The van der Waals surface area contributed by atoms with E-state index in [1.54, 1.807) is 0 Å². The number of benzene rings is 1. The van der Waals surface area contributed by atoms with E-state index in [-0.39, 0.29) is 24.2 Å². The highest BCUT2D eigenvalue weighted by Crippen LogP contribution is 2.29. The third-order valence-corrected chi connectivity index (χ3v) is 4.84. The van der Waals surface area contributed by atoms with Gasteiger partial charge in [-0.1, -0.05) is 34.1 Å². The van der Waals surface area contributed by atoms with Gasteiger partial charge in [-0.25, -0.2) is 0 Å². The first-order chi connectivity index (χ1) is 11.0. The summed E-state index contributed by atoms with van der Waals surface area (Å²) in [7, 11) is 1.42. The van der Waals surface area contributed by atoms with Crippen molar-refractivity contribution in [1.29, 1.82) is 0 Å². The van der Waals surface area contributed by atoms with Gasteiger partial charge in [0.05, 0.1) is 39.0 Å². The molecule has 23 heavy (non-hydrogen) atoms. The minimum atomic E-state index is -0.400.